The number of carbonyl (C=O) groups excluding carboxylic acids is 1. The van der Waals surface area contributed by atoms with Crippen LogP contribution in [0.2, 0.25) is 0 Å². The number of rotatable bonds is 4. The van der Waals surface area contributed by atoms with Gasteiger partial charge in [0, 0.05) is 37.3 Å². The molecule has 6 nitrogen and oxygen atoms in total. The molecule has 0 unspecified atom stereocenters. The Bertz CT molecular complexity index is 832. The Morgan fingerprint density at radius 2 is 2.08 bits per heavy atom. The minimum atomic E-state index is -0.484. The Morgan fingerprint density at radius 3 is 2.73 bits per heavy atom. The summed E-state index contributed by atoms with van der Waals surface area (Å²) >= 11 is 0. The maximum Gasteiger partial charge on any atom is 0.161 e. The molecular weight excluding hydrogens is 328 g/mol. The Hall–Kier alpha value is -2.78. The van der Waals surface area contributed by atoms with Crippen molar-refractivity contribution >= 4 is 5.78 Å². The van der Waals surface area contributed by atoms with Gasteiger partial charge in [-0.2, -0.15) is 5.26 Å². The summed E-state index contributed by atoms with van der Waals surface area (Å²) in [5, 5.41) is 13.5. The van der Waals surface area contributed by atoms with Crippen molar-refractivity contribution in [3.63, 3.8) is 0 Å². The average Bonchev–Trinajstić information content (AvgIpc) is 2.61. The number of Topliss-reactive ketones (excluding diaryl/α,β-unsaturated/α-hetero) is 1. The maximum absolute atomic E-state index is 12.9. The van der Waals surface area contributed by atoms with Crippen LogP contribution in [0.15, 0.2) is 46.9 Å². The number of nitrogens with zero attached hydrogens (tertiary/aromatic N) is 3. The van der Waals surface area contributed by atoms with E-state index in [-0.39, 0.29) is 5.78 Å². The molecule has 26 heavy (non-hydrogen) atoms. The van der Waals surface area contributed by atoms with Crippen LogP contribution in [0.4, 0.5) is 0 Å². The molecular formula is C20H24N4O2. The van der Waals surface area contributed by atoms with Gasteiger partial charge in [-0.05, 0) is 25.8 Å². The lowest BCUT2D eigenvalue weighted by Gasteiger charge is -2.42. The van der Waals surface area contributed by atoms with Crippen LogP contribution in [0.1, 0.15) is 37.7 Å². The Balaban J connectivity index is 2.27. The summed E-state index contributed by atoms with van der Waals surface area (Å²) in [6.07, 6.45) is 2.04. The molecule has 2 aliphatic rings. The largest absolute Gasteiger partial charge is 0.494 e. The van der Waals surface area contributed by atoms with Crippen molar-refractivity contribution in [3.8, 4) is 11.8 Å². The normalized spacial score (nSPS) is 20.3. The second-order valence-corrected chi connectivity index (χ2v) is 6.61. The fourth-order valence-corrected chi connectivity index (χ4v) is 3.84. The van der Waals surface area contributed by atoms with Gasteiger partial charge in [0.05, 0.1) is 24.2 Å². The number of hydrogen-bond acceptors (Lipinski definition) is 6. The highest BCUT2D eigenvalue weighted by atomic mass is 16.5. The highest BCUT2D eigenvalue weighted by Crippen LogP contribution is 2.46. The molecule has 1 aromatic rings. The molecule has 3 rings (SSSR count). The van der Waals surface area contributed by atoms with Gasteiger partial charge in [0.25, 0.3) is 0 Å². The molecule has 6 heteroatoms. The van der Waals surface area contributed by atoms with E-state index in [1.165, 1.54) is 0 Å². The zero-order chi connectivity index (χ0) is 18.8. The molecule has 1 aliphatic heterocycles. The standard InChI is InChI=1S/C20H24N4O2/c1-4-26-17-11-6-5-8-13(17)18-14(12-21)20(22)24(23(2)3)15-9-7-10-16(25)19(15)18/h5-6,8,11,18H,4,7,9-10,22H2,1-3H3/t18-/m1/s1. The van der Waals surface area contributed by atoms with E-state index in [2.05, 4.69) is 6.07 Å². The summed E-state index contributed by atoms with van der Waals surface area (Å²) in [5.74, 6) is 0.655. The van der Waals surface area contributed by atoms with Gasteiger partial charge in [-0.1, -0.05) is 18.2 Å². The zero-order valence-electron chi connectivity index (χ0n) is 15.5. The summed E-state index contributed by atoms with van der Waals surface area (Å²) < 4.78 is 5.78. The molecule has 1 aromatic carbocycles. The lowest BCUT2D eigenvalue weighted by atomic mass is 9.76. The summed E-state index contributed by atoms with van der Waals surface area (Å²) in [4.78, 5) is 12.9. The second-order valence-electron chi connectivity index (χ2n) is 6.61. The number of ketones is 1. The van der Waals surface area contributed by atoms with Gasteiger partial charge < -0.3 is 10.5 Å². The van der Waals surface area contributed by atoms with Crippen molar-refractivity contribution < 1.29 is 9.53 Å². The topological polar surface area (TPSA) is 82.6 Å². The maximum atomic E-state index is 12.9. The number of ether oxygens (including phenoxy) is 1. The molecule has 0 saturated carbocycles. The van der Waals surface area contributed by atoms with Crippen LogP contribution in [0.25, 0.3) is 0 Å². The monoisotopic (exact) mass is 352 g/mol. The number of para-hydroxylation sites is 1. The van der Waals surface area contributed by atoms with E-state index in [9.17, 15) is 10.1 Å². The first-order valence-electron chi connectivity index (χ1n) is 8.86. The van der Waals surface area contributed by atoms with Crippen molar-refractivity contribution in [1.82, 2.24) is 10.0 Å². The third-order valence-electron chi connectivity index (χ3n) is 4.82. The van der Waals surface area contributed by atoms with Gasteiger partial charge in [0.15, 0.2) is 5.78 Å². The minimum absolute atomic E-state index is 0.0784. The van der Waals surface area contributed by atoms with Crippen LogP contribution in [-0.4, -0.2) is 36.5 Å². The van der Waals surface area contributed by atoms with Gasteiger partial charge in [-0.15, -0.1) is 0 Å². The first-order chi connectivity index (χ1) is 12.5. The highest BCUT2D eigenvalue weighted by molar-refractivity contribution is 6.00. The summed E-state index contributed by atoms with van der Waals surface area (Å²) in [6.45, 7) is 2.42. The smallest absolute Gasteiger partial charge is 0.161 e. The molecule has 136 valence electrons. The molecule has 2 N–H and O–H groups in total. The van der Waals surface area contributed by atoms with Crippen LogP contribution in [-0.2, 0) is 4.79 Å². The fraction of sp³-hybridized carbons (Fsp3) is 0.400. The zero-order valence-corrected chi connectivity index (χ0v) is 15.5. The Morgan fingerprint density at radius 1 is 1.35 bits per heavy atom. The highest BCUT2D eigenvalue weighted by Gasteiger charge is 2.41. The van der Waals surface area contributed by atoms with Crippen molar-refractivity contribution in [2.24, 2.45) is 5.73 Å². The molecule has 0 amide bonds. The lowest BCUT2D eigenvalue weighted by molar-refractivity contribution is -0.116. The molecule has 1 heterocycles. The van der Waals surface area contributed by atoms with E-state index < -0.39 is 5.92 Å². The van der Waals surface area contributed by atoms with Crippen molar-refractivity contribution in [1.29, 1.82) is 5.26 Å². The first kappa shape index (κ1) is 18.0. The predicted molar refractivity (Wildman–Crippen MR) is 98.6 cm³/mol. The van der Waals surface area contributed by atoms with Gasteiger partial charge in [0.1, 0.15) is 11.6 Å². The van der Waals surface area contributed by atoms with Crippen LogP contribution in [0.3, 0.4) is 0 Å². The van der Waals surface area contributed by atoms with E-state index in [0.717, 1.165) is 24.1 Å². The number of carbonyl (C=O) groups is 1. The van der Waals surface area contributed by atoms with Crippen molar-refractivity contribution in [2.75, 3.05) is 20.7 Å². The number of hydrazine groups is 1. The van der Waals surface area contributed by atoms with Gasteiger partial charge in [-0.3, -0.25) is 9.80 Å². The van der Waals surface area contributed by atoms with Crippen molar-refractivity contribution in [3.05, 3.63) is 52.5 Å². The number of nitrogens with two attached hydrogens (primary N) is 1. The second kappa shape index (κ2) is 7.22. The Labute approximate surface area is 154 Å². The molecule has 0 radical (unpaired) electrons. The number of allylic oxidation sites excluding steroid dienone is 3. The van der Waals surface area contributed by atoms with Crippen LogP contribution >= 0.6 is 0 Å². The molecule has 0 aromatic heterocycles. The fourth-order valence-electron chi connectivity index (χ4n) is 3.84. The quantitative estimate of drug-likeness (QED) is 0.897. The van der Waals surface area contributed by atoms with Crippen LogP contribution < -0.4 is 10.5 Å². The third-order valence-corrected chi connectivity index (χ3v) is 4.82. The van der Waals surface area contributed by atoms with Gasteiger partial charge in [-0.25, -0.2) is 5.01 Å². The molecule has 0 saturated heterocycles. The molecule has 1 atom stereocenters. The van der Waals surface area contributed by atoms with Gasteiger partial charge in [0.2, 0.25) is 0 Å². The lowest BCUT2D eigenvalue weighted by Crippen LogP contribution is -2.45. The number of benzene rings is 1. The molecule has 1 aliphatic carbocycles. The van der Waals surface area contributed by atoms with E-state index in [0.29, 0.717) is 35.7 Å². The first-order valence-corrected chi connectivity index (χ1v) is 8.86. The minimum Gasteiger partial charge on any atom is -0.494 e. The van der Waals surface area contributed by atoms with E-state index in [4.69, 9.17) is 10.5 Å². The average molecular weight is 352 g/mol. The van der Waals surface area contributed by atoms with Crippen LogP contribution in [0, 0.1) is 11.3 Å². The van der Waals surface area contributed by atoms with E-state index in [1.807, 2.05) is 50.3 Å². The summed E-state index contributed by atoms with van der Waals surface area (Å²) in [7, 11) is 3.72. The summed E-state index contributed by atoms with van der Waals surface area (Å²) in [6, 6.07) is 9.83. The van der Waals surface area contributed by atoms with Crippen molar-refractivity contribution in [2.45, 2.75) is 32.1 Å². The predicted octanol–water partition coefficient (Wildman–Crippen LogP) is 2.66. The number of nitriles is 1. The summed E-state index contributed by atoms with van der Waals surface area (Å²) in [5.41, 5.74) is 9.15. The number of hydrogen-bond donors (Lipinski definition) is 1. The Kier molecular flexibility index (Phi) is 5.01. The van der Waals surface area contributed by atoms with E-state index in [1.54, 1.807) is 5.01 Å². The molecule has 0 bridgehead atoms. The molecule has 0 spiro atoms. The SMILES string of the molecule is CCOc1ccccc1[C@@H]1C(C#N)=C(N)N(N(C)C)C2=C1C(=O)CCC2. The van der Waals surface area contributed by atoms with Crippen LogP contribution in [0.5, 0.6) is 5.75 Å². The third kappa shape index (κ3) is 2.85. The van der Waals surface area contributed by atoms with E-state index >= 15 is 0 Å². The molecule has 0 fully saturated rings. The van der Waals surface area contributed by atoms with Gasteiger partial charge >= 0.3 is 0 Å².